The van der Waals surface area contributed by atoms with Crippen LogP contribution in [0.4, 0.5) is 0 Å². The highest BCUT2D eigenvalue weighted by atomic mass is 16.6. The zero-order valence-electron chi connectivity index (χ0n) is 17.4. The van der Waals surface area contributed by atoms with Crippen molar-refractivity contribution in [1.29, 1.82) is 0 Å². The van der Waals surface area contributed by atoms with Crippen molar-refractivity contribution in [3.63, 3.8) is 0 Å². The Hall–Kier alpha value is -2.34. The van der Waals surface area contributed by atoms with Crippen molar-refractivity contribution in [2.24, 2.45) is 0 Å². The zero-order valence-corrected chi connectivity index (χ0v) is 17.4. The molecule has 0 amide bonds. The van der Waals surface area contributed by atoms with E-state index in [0.29, 0.717) is 5.75 Å². The summed E-state index contributed by atoms with van der Waals surface area (Å²) in [5, 5.41) is 10.6. The molecule has 0 aromatic heterocycles. The molecule has 0 aliphatic carbocycles. The normalized spacial score (nSPS) is 21.8. The molecule has 1 N–H and O–H groups in total. The Labute approximate surface area is 166 Å². The lowest BCUT2D eigenvalue weighted by Crippen LogP contribution is -2.39. The third-order valence-electron chi connectivity index (χ3n) is 4.68. The Bertz CT molecular complexity index is 720. The minimum Gasteiger partial charge on any atom is -0.507 e. The van der Waals surface area contributed by atoms with Crippen molar-refractivity contribution >= 4 is 11.9 Å². The van der Waals surface area contributed by atoms with Gasteiger partial charge in [0, 0.05) is 13.8 Å². The molecular formula is C22H30O6. The molecule has 154 valence electrons. The van der Waals surface area contributed by atoms with Gasteiger partial charge in [0.2, 0.25) is 0 Å². The number of aromatic hydroxyl groups is 1. The van der Waals surface area contributed by atoms with Gasteiger partial charge in [-0.3, -0.25) is 9.59 Å². The molecular weight excluding hydrogens is 360 g/mol. The molecule has 1 aliphatic heterocycles. The average molecular weight is 390 g/mol. The van der Waals surface area contributed by atoms with Crippen LogP contribution in [0.2, 0.25) is 0 Å². The maximum Gasteiger partial charge on any atom is 0.303 e. The summed E-state index contributed by atoms with van der Waals surface area (Å²) in [7, 11) is 0. The number of phenols is 1. The third-order valence-corrected chi connectivity index (χ3v) is 4.68. The summed E-state index contributed by atoms with van der Waals surface area (Å²) < 4.78 is 16.5. The molecule has 1 aliphatic rings. The first-order chi connectivity index (χ1) is 13.1. The fourth-order valence-electron chi connectivity index (χ4n) is 3.22. The summed E-state index contributed by atoms with van der Waals surface area (Å²) in [6.45, 7) is 10.7. The first-order valence-corrected chi connectivity index (χ1v) is 9.61. The van der Waals surface area contributed by atoms with E-state index in [1.807, 2.05) is 45.9 Å². The molecule has 1 aromatic rings. The van der Waals surface area contributed by atoms with Crippen LogP contribution in [0.15, 0.2) is 24.3 Å². The average Bonchev–Trinajstić information content (AvgIpc) is 2.60. The first-order valence-electron chi connectivity index (χ1n) is 9.61. The highest BCUT2D eigenvalue weighted by molar-refractivity contribution is 5.67. The number of esters is 2. The van der Waals surface area contributed by atoms with E-state index >= 15 is 0 Å². The molecule has 0 saturated heterocycles. The van der Waals surface area contributed by atoms with Gasteiger partial charge < -0.3 is 19.3 Å². The van der Waals surface area contributed by atoms with Crippen molar-refractivity contribution in [1.82, 2.24) is 0 Å². The summed E-state index contributed by atoms with van der Waals surface area (Å²) in [4.78, 5) is 22.6. The second-order valence-corrected chi connectivity index (χ2v) is 7.71. The van der Waals surface area contributed by atoms with Crippen molar-refractivity contribution in [3.8, 4) is 5.75 Å². The Balaban J connectivity index is 2.38. The number of rotatable bonds is 6. The van der Waals surface area contributed by atoms with Crippen LogP contribution in [0, 0.1) is 0 Å². The van der Waals surface area contributed by atoms with Crippen LogP contribution in [-0.4, -0.2) is 35.9 Å². The third kappa shape index (κ3) is 5.35. The van der Waals surface area contributed by atoms with Gasteiger partial charge in [0.1, 0.15) is 30.7 Å². The van der Waals surface area contributed by atoms with E-state index < -0.39 is 30.3 Å². The van der Waals surface area contributed by atoms with Crippen LogP contribution in [-0.2, 0) is 23.8 Å². The molecule has 0 spiro atoms. The number of ether oxygens (including phenoxy) is 3. The van der Waals surface area contributed by atoms with Gasteiger partial charge in [0.25, 0.3) is 0 Å². The predicted molar refractivity (Wildman–Crippen MR) is 105 cm³/mol. The molecule has 0 saturated carbocycles. The van der Waals surface area contributed by atoms with E-state index in [1.54, 1.807) is 6.08 Å². The van der Waals surface area contributed by atoms with Crippen LogP contribution in [0.5, 0.6) is 5.75 Å². The molecule has 28 heavy (non-hydrogen) atoms. The summed E-state index contributed by atoms with van der Waals surface area (Å²) in [6, 6.07) is 3.88. The lowest BCUT2D eigenvalue weighted by molar-refractivity contribution is -0.163. The SMILES string of the molecule is CC(=O)OCC1OC(c2cc(C(C)C)c(O)c(C(C)C)c2)C=C[C@@H]1OC(C)=O. The Morgan fingerprint density at radius 2 is 1.61 bits per heavy atom. The molecule has 3 atom stereocenters. The summed E-state index contributed by atoms with van der Waals surface area (Å²) >= 11 is 0. The molecule has 1 heterocycles. The maximum absolute atomic E-state index is 11.4. The van der Waals surface area contributed by atoms with Crippen LogP contribution in [0.1, 0.15) is 76.2 Å². The van der Waals surface area contributed by atoms with Gasteiger partial charge in [-0.1, -0.05) is 33.8 Å². The van der Waals surface area contributed by atoms with Crippen LogP contribution < -0.4 is 0 Å². The number of carbonyl (C=O) groups is 2. The topological polar surface area (TPSA) is 82.1 Å². The van der Waals surface area contributed by atoms with Crippen molar-refractivity contribution < 1.29 is 28.9 Å². The Morgan fingerprint density at radius 1 is 1.04 bits per heavy atom. The Kier molecular flexibility index (Phi) is 7.24. The summed E-state index contributed by atoms with van der Waals surface area (Å²) in [5.74, 6) is -0.238. The van der Waals surface area contributed by atoms with Gasteiger partial charge in [0.15, 0.2) is 0 Å². The quantitative estimate of drug-likeness (QED) is 0.581. The number of phenolic OH excluding ortho intramolecular Hbond substituents is 1. The number of benzene rings is 1. The molecule has 1 aromatic carbocycles. The highest BCUT2D eigenvalue weighted by Crippen LogP contribution is 2.38. The highest BCUT2D eigenvalue weighted by Gasteiger charge is 2.32. The van der Waals surface area contributed by atoms with Gasteiger partial charge in [-0.05, 0) is 46.7 Å². The Morgan fingerprint density at radius 3 is 2.07 bits per heavy atom. The number of hydrogen-bond donors (Lipinski definition) is 1. The lowest BCUT2D eigenvalue weighted by Gasteiger charge is -2.32. The van der Waals surface area contributed by atoms with Gasteiger partial charge >= 0.3 is 11.9 Å². The van der Waals surface area contributed by atoms with E-state index in [-0.39, 0.29) is 18.4 Å². The largest absolute Gasteiger partial charge is 0.507 e. The van der Waals surface area contributed by atoms with Crippen LogP contribution in [0.25, 0.3) is 0 Å². The van der Waals surface area contributed by atoms with E-state index in [9.17, 15) is 14.7 Å². The van der Waals surface area contributed by atoms with E-state index in [4.69, 9.17) is 14.2 Å². The van der Waals surface area contributed by atoms with Gasteiger partial charge in [-0.15, -0.1) is 0 Å². The van der Waals surface area contributed by atoms with Crippen molar-refractivity contribution in [3.05, 3.63) is 41.0 Å². The fraction of sp³-hybridized carbons (Fsp3) is 0.545. The van der Waals surface area contributed by atoms with Gasteiger partial charge in [-0.2, -0.15) is 0 Å². The van der Waals surface area contributed by atoms with Crippen LogP contribution >= 0.6 is 0 Å². The summed E-state index contributed by atoms with van der Waals surface area (Å²) in [5.41, 5.74) is 2.62. The zero-order chi connectivity index (χ0) is 21.0. The van der Waals surface area contributed by atoms with Crippen LogP contribution in [0.3, 0.4) is 0 Å². The summed E-state index contributed by atoms with van der Waals surface area (Å²) in [6.07, 6.45) is 1.96. The molecule has 0 fully saturated rings. The second kappa shape index (κ2) is 9.24. The van der Waals surface area contributed by atoms with Crippen molar-refractivity contribution in [2.75, 3.05) is 6.61 Å². The number of carbonyl (C=O) groups excluding carboxylic acids is 2. The molecule has 2 rings (SSSR count). The minimum atomic E-state index is -0.626. The van der Waals surface area contributed by atoms with Gasteiger partial charge in [0.05, 0.1) is 0 Å². The monoisotopic (exact) mass is 390 g/mol. The fourth-order valence-corrected chi connectivity index (χ4v) is 3.22. The smallest absolute Gasteiger partial charge is 0.303 e. The molecule has 2 unspecified atom stereocenters. The standard InChI is InChI=1S/C22H30O6/c1-12(2)17-9-16(10-18(13(3)4)22(17)25)19-7-8-20(27-15(6)24)21(28-19)11-26-14(5)23/h7-10,12-13,19-21,25H,11H2,1-6H3/t19?,20-,21?/m0/s1. The molecule has 6 nitrogen and oxygen atoms in total. The lowest BCUT2D eigenvalue weighted by atomic mass is 9.89. The van der Waals surface area contributed by atoms with E-state index in [0.717, 1.165) is 16.7 Å². The first kappa shape index (κ1) is 22.0. The minimum absolute atomic E-state index is 0.0136. The molecule has 0 radical (unpaired) electrons. The predicted octanol–water partition coefficient (Wildman–Crippen LogP) is 4.13. The maximum atomic E-state index is 11.4. The van der Waals surface area contributed by atoms with E-state index in [2.05, 4.69) is 0 Å². The number of hydrogen-bond acceptors (Lipinski definition) is 6. The molecule has 0 bridgehead atoms. The second-order valence-electron chi connectivity index (χ2n) is 7.71. The van der Waals surface area contributed by atoms with E-state index in [1.165, 1.54) is 13.8 Å². The van der Waals surface area contributed by atoms with Crippen molar-refractivity contribution in [2.45, 2.75) is 71.7 Å². The molecule has 6 heteroatoms. The van der Waals surface area contributed by atoms with Gasteiger partial charge in [-0.25, -0.2) is 0 Å².